The molecule has 0 bridgehead atoms. The number of hydrogen-bond acceptors (Lipinski definition) is 4. The van der Waals surface area contributed by atoms with E-state index in [2.05, 4.69) is 36.0 Å². The summed E-state index contributed by atoms with van der Waals surface area (Å²) in [6.07, 6.45) is 5.40. The molecule has 0 unspecified atom stereocenters. The Kier molecular flexibility index (Phi) is 3.74. The smallest absolute Gasteiger partial charge is 0.143 e. The molecule has 3 rings (SSSR count). The van der Waals surface area contributed by atoms with Gasteiger partial charge in [0.15, 0.2) is 0 Å². The van der Waals surface area contributed by atoms with Gasteiger partial charge in [-0.25, -0.2) is 0 Å². The zero-order chi connectivity index (χ0) is 15.0. The van der Waals surface area contributed by atoms with E-state index in [0.29, 0.717) is 11.1 Å². The van der Waals surface area contributed by atoms with E-state index in [1.807, 2.05) is 6.07 Å². The maximum Gasteiger partial charge on any atom is 0.143 e. The fourth-order valence-corrected chi connectivity index (χ4v) is 3.89. The number of nitrogens with two attached hydrogens (primary N) is 1. The minimum absolute atomic E-state index is 0.557. The van der Waals surface area contributed by atoms with Crippen molar-refractivity contribution in [3.63, 3.8) is 0 Å². The van der Waals surface area contributed by atoms with Gasteiger partial charge in [-0.1, -0.05) is 0 Å². The van der Waals surface area contributed by atoms with Gasteiger partial charge in [-0.3, -0.25) is 0 Å². The summed E-state index contributed by atoms with van der Waals surface area (Å²) in [5.74, 6) is 0.782. The van der Waals surface area contributed by atoms with Gasteiger partial charge in [-0.05, 0) is 51.9 Å². The average Bonchev–Trinajstić information content (AvgIpc) is 2.45. The molecule has 1 saturated carbocycles. The molecule has 0 atom stereocenters. The molecule has 1 aromatic carbocycles. The minimum atomic E-state index is 0.557. The van der Waals surface area contributed by atoms with Crippen molar-refractivity contribution in [2.24, 2.45) is 5.41 Å². The number of ether oxygens (including phenoxy) is 1. The van der Waals surface area contributed by atoms with Crippen molar-refractivity contribution in [3.8, 4) is 5.75 Å². The molecule has 2 aliphatic rings. The van der Waals surface area contributed by atoms with E-state index in [1.54, 1.807) is 7.11 Å². The van der Waals surface area contributed by atoms with Gasteiger partial charge < -0.3 is 20.3 Å². The van der Waals surface area contributed by atoms with Crippen molar-refractivity contribution >= 4 is 11.4 Å². The molecule has 0 aromatic heterocycles. The van der Waals surface area contributed by atoms with Crippen LogP contribution in [0, 0.1) is 5.41 Å². The second-order valence-electron chi connectivity index (χ2n) is 6.98. The molecule has 2 N–H and O–H groups in total. The molecule has 0 amide bonds. The Bertz CT molecular complexity index is 499. The Hall–Kier alpha value is -1.42. The van der Waals surface area contributed by atoms with E-state index in [9.17, 15) is 0 Å². The van der Waals surface area contributed by atoms with Crippen LogP contribution in [0.25, 0.3) is 0 Å². The molecule has 21 heavy (non-hydrogen) atoms. The molecule has 1 spiro atoms. The van der Waals surface area contributed by atoms with Crippen molar-refractivity contribution in [1.29, 1.82) is 0 Å². The van der Waals surface area contributed by atoms with Crippen LogP contribution in [0.3, 0.4) is 0 Å². The lowest BCUT2D eigenvalue weighted by Gasteiger charge is -2.55. The Balaban J connectivity index is 1.61. The third kappa shape index (κ3) is 2.69. The van der Waals surface area contributed by atoms with E-state index < -0.39 is 0 Å². The molecule has 2 fully saturated rings. The fraction of sp³-hybridized carbons (Fsp3) is 0.647. The van der Waals surface area contributed by atoms with Crippen molar-refractivity contribution < 1.29 is 4.74 Å². The lowest BCUT2D eigenvalue weighted by molar-refractivity contribution is 0.0888. The molecule has 116 valence electrons. The largest absolute Gasteiger partial charge is 0.495 e. The third-order valence-corrected chi connectivity index (χ3v) is 5.38. The lowest BCUT2D eigenvalue weighted by Crippen LogP contribution is -2.58. The van der Waals surface area contributed by atoms with Gasteiger partial charge in [0.2, 0.25) is 0 Å². The van der Waals surface area contributed by atoms with Crippen LogP contribution < -0.4 is 15.4 Å². The predicted octanol–water partition coefficient (Wildman–Crippen LogP) is 2.59. The summed E-state index contributed by atoms with van der Waals surface area (Å²) in [6.45, 7) is 2.36. The Morgan fingerprint density at radius 2 is 1.90 bits per heavy atom. The van der Waals surface area contributed by atoms with Crippen molar-refractivity contribution in [3.05, 3.63) is 18.2 Å². The summed E-state index contributed by atoms with van der Waals surface area (Å²) in [5, 5.41) is 0. The zero-order valence-electron chi connectivity index (χ0n) is 13.4. The van der Waals surface area contributed by atoms with E-state index in [0.717, 1.165) is 11.8 Å². The molecule has 0 radical (unpaired) electrons. The van der Waals surface area contributed by atoms with Gasteiger partial charge >= 0.3 is 0 Å². The van der Waals surface area contributed by atoms with Crippen molar-refractivity contribution in [1.82, 2.24) is 4.90 Å². The predicted molar refractivity (Wildman–Crippen MR) is 88.0 cm³/mol. The van der Waals surface area contributed by atoms with E-state index in [-0.39, 0.29) is 0 Å². The SMILES string of the molecule is COc1cc(N2CC3(CCC(N(C)C)CC3)C2)ccc1N. The van der Waals surface area contributed by atoms with Crippen LogP contribution in [0.15, 0.2) is 18.2 Å². The standard InChI is InChI=1S/C17H27N3O/c1-19(2)13-6-8-17(9-7-13)11-20(12-17)14-4-5-15(18)16(10-14)21-3/h4-5,10,13H,6-9,11-12,18H2,1-3H3. The molecule has 4 heteroatoms. The van der Waals surface area contributed by atoms with Crippen LogP contribution in [-0.2, 0) is 0 Å². The average molecular weight is 289 g/mol. The molecular formula is C17H27N3O. The monoisotopic (exact) mass is 289 g/mol. The highest BCUT2D eigenvalue weighted by molar-refractivity contribution is 5.63. The molecule has 1 saturated heterocycles. The molecule has 1 aliphatic heterocycles. The van der Waals surface area contributed by atoms with Crippen LogP contribution in [0.2, 0.25) is 0 Å². The summed E-state index contributed by atoms with van der Waals surface area (Å²) >= 11 is 0. The van der Waals surface area contributed by atoms with Crippen LogP contribution in [0.1, 0.15) is 25.7 Å². The Labute approximate surface area is 127 Å². The first-order valence-corrected chi connectivity index (χ1v) is 7.88. The molecule has 1 heterocycles. The minimum Gasteiger partial charge on any atom is -0.495 e. The summed E-state index contributed by atoms with van der Waals surface area (Å²) in [5.41, 5.74) is 8.40. The van der Waals surface area contributed by atoms with Crippen LogP contribution in [-0.4, -0.2) is 45.2 Å². The van der Waals surface area contributed by atoms with E-state index in [1.165, 1.54) is 44.5 Å². The van der Waals surface area contributed by atoms with Crippen LogP contribution in [0.5, 0.6) is 5.75 Å². The number of benzene rings is 1. The molecular weight excluding hydrogens is 262 g/mol. The maximum atomic E-state index is 5.89. The van der Waals surface area contributed by atoms with Crippen molar-refractivity contribution in [2.75, 3.05) is 44.9 Å². The number of methoxy groups -OCH3 is 1. The first kappa shape index (κ1) is 14.5. The quantitative estimate of drug-likeness (QED) is 0.869. The third-order valence-electron chi connectivity index (χ3n) is 5.38. The highest BCUT2D eigenvalue weighted by atomic mass is 16.5. The normalized spacial score (nSPS) is 21.6. The Morgan fingerprint density at radius 3 is 2.48 bits per heavy atom. The van der Waals surface area contributed by atoms with Gasteiger partial charge in [-0.15, -0.1) is 0 Å². The highest BCUT2D eigenvalue weighted by Crippen LogP contribution is 2.46. The van der Waals surface area contributed by atoms with E-state index in [4.69, 9.17) is 10.5 Å². The molecule has 1 aromatic rings. The number of rotatable bonds is 3. The van der Waals surface area contributed by atoms with Gasteiger partial charge in [0.05, 0.1) is 12.8 Å². The van der Waals surface area contributed by atoms with Gasteiger partial charge in [0, 0.05) is 36.3 Å². The second kappa shape index (κ2) is 5.41. The lowest BCUT2D eigenvalue weighted by atomic mass is 9.67. The second-order valence-corrected chi connectivity index (χ2v) is 6.98. The number of nitrogens with zero attached hydrogens (tertiary/aromatic N) is 2. The molecule has 4 nitrogen and oxygen atoms in total. The van der Waals surface area contributed by atoms with Crippen molar-refractivity contribution in [2.45, 2.75) is 31.7 Å². The Morgan fingerprint density at radius 1 is 1.24 bits per heavy atom. The topological polar surface area (TPSA) is 41.7 Å². The zero-order valence-corrected chi connectivity index (χ0v) is 13.4. The summed E-state index contributed by atoms with van der Waals surface area (Å²) in [6, 6.07) is 6.90. The molecule has 1 aliphatic carbocycles. The number of hydrogen-bond donors (Lipinski definition) is 1. The first-order valence-electron chi connectivity index (χ1n) is 7.88. The summed E-state index contributed by atoms with van der Waals surface area (Å²) < 4.78 is 5.32. The van der Waals surface area contributed by atoms with Crippen LogP contribution >= 0.6 is 0 Å². The van der Waals surface area contributed by atoms with Gasteiger partial charge in [-0.2, -0.15) is 0 Å². The van der Waals surface area contributed by atoms with Gasteiger partial charge in [0.25, 0.3) is 0 Å². The fourth-order valence-electron chi connectivity index (χ4n) is 3.89. The first-order chi connectivity index (χ1) is 10.0. The maximum absolute atomic E-state index is 5.89. The summed E-state index contributed by atoms with van der Waals surface area (Å²) in [4.78, 5) is 4.84. The van der Waals surface area contributed by atoms with Crippen LogP contribution in [0.4, 0.5) is 11.4 Å². The summed E-state index contributed by atoms with van der Waals surface area (Å²) in [7, 11) is 6.09. The highest BCUT2D eigenvalue weighted by Gasteiger charge is 2.45. The van der Waals surface area contributed by atoms with Gasteiger partial charge in [0.1, 0.15) is 5.75 Å². The number of anilines is 2. The number of nitrogen functional groups attached to an aromatic ring is 1. The van der Waals surface area contributed by atoms with E-state index >= 15 is 0 Å².